The maximum atomic E-state index is 13.3. The molecule has 0 bridgehead atoms. The van der Waals surface area contributed by atoms with E-state index in [-0.39, 0.29) is 10.9 Å². The van der Waals surface area contributed by atoms with Crippen molar-refractivity contribution in [3.05, 3.63) is 86.0 Å². The molecule has 0 N–H and O–H groups in total. The van der Waals surface area contributed by atoms with Gasteiger partial charge in [-0.3, -0.25) is 9.59 Å². The maximum Gasteiger partial charge on any atom is 0.292 e. The smallest absolute Gasteiger partial charge is 0.292 e. The minimum Gasteiger partial charge on any atom is -0.365 e. The van der Waals surface area contributed by atoms with E-state index in [0.29, 0.717) is 47.6 Å². The van der Waals surface area contributed by atoms with Gasteiger partial charge < -0.3 is 9.80 Å². The van der Waals surface area contributed by atoms with Gasteiger partial charge in [-0.15, -0.1) is 0 Å². The van der Waals surface area contributed by atoms with Gasteiger partial charge in [0.2, 0.25) is 0 Å². The summed E-state index contributed by atoms with van der Waals surface area (Å²) in [5.74, 6) is -0.583. The molecule has 4 rings (SSSR count). The summed E-state index contributed by atoms with van der Waals surface area (Å²) >= 11 is 9.62. The zero-order valence-electron chi connectivity index (χ0n) is 15.8. The SMILES string of the molecule is O=C(c1ccc(F)cc1Br)N1CCN(c2cnn(-c3ccccc3)c(=O)c2Cl)CC1. The van der Waals surface area contributed by atoms with Crippen molar-refractivity contribution in [3.8, 4) is 5.69 Å². The van der Waals surface area contributed by atoms with E-state index in [1.165, 1.54) is 22.9 Å². The van der Waals surface area contributed by atoms with Crippen LogP contribution in [0.15, 0.2) is 64.0 Å². The Kier molecular flexibility index (Phi) is 5.87. The molecule has 9 heteroatoms. The Morgan fingerprint density at radius 3 is 2.43 bits per heavy atom. The number of hydrogen-bond donors (Lipinski definition) is 0. The van der Waals surface area contributed by atoms with Gasteiger partial charge in [0.1, 0.15) is 10.8 Å². The fourth-order valence-corrected chi connectivity index (χ4v) is 4.15. The average Bonchev–Trinajstić information content (AvgIpc) is 2.76. The molecule has 1 aliphatic heterocycles. The van der Waals surface area contributed by atoms with Gasteiger partial charge in [0.15, 0.2) is 0 Å². The molecule has 1 amide bonds. The Balaban J connectivity index is 1.50. The first-order valence-electron chi connectivity index (χ1n) is 9.28. The highest BCUT2D eigenvalue weighted by Gasteiger charge is 2.26. The standard InChI is InChI=1S/C21H17BrClFN4O2/c22-17-12-14(24)6-7-16(17)20(29)27-10-8-26(9-11-27)18-13-25-28(21(30)19(18)23)15-4-2-1-3-5-15/h1-7,12-13H,8-11H2. The molecular weight excluding hydrogens is 475 g/mol. The van der Waals surface area contributed by atoms with Gasteiger partial charge in [-0.2, -0.15) is 9.78 Å². The number of carbonyl (C=O) groups excluding carboxylic acids is 1. The Morgan fingerprint density at radius 1 is 1.07 bits per heavy atom. The molecule has 0 atom stereocenters. The minimum absolute atomic E-state index is 0.0925. The average molecular weight is 492 g/mol. The zero-order valence-corrected chi connectivity index (χ0v) is 18.1. The third-order valence-electron chi connectivity index (χ3n) is 4.97. The number of benzene rings is 2. The van der Waals surface area contributed by atoms with E-state index >= 15 is 0 Å². The van der Waals surface area contributed by atoms with Crippen LogP contribution in [0, 0.1) is 5.82 Å². The Morgan fingerprint density at radius 2 is 1.77 bits per heavy atom. The fraction of sp³-hybridized carbons (Fsp3) is 0.190. The van der Waals surface area contributed by atoms with Gasteiger partial charge in [-0.25, -0.2) is 4.39 Å². The number of piperazine rings is 1. The van der Waals surface area contributed by atoms with E-state index in [1.54, 1.807) is 23.2 Å². The second kappa shape index (κ2) is 8.57. The first-order valence-corrected chi connectivity index (χ1v) is 10.5. The first kappa shape index (κ1) is 20.6. The summed E-state index contributed by atoms with van der Waals surface area (Å²) in [6, 6.07) is 13.1. The summed E-state index contributed by atoms with van der Waals surface area (Å²) < 4.78 is 15.0. The summed E-state index contributed by atoms with van der Waals surface area (Å²) in [4.78, 5) is 29.1. The molecule has 2 heterocycles. The van der Waals surface area contributed by atoms with E-state index in [1.807, 2.05) is 23.1 Å². The molecule has 30 heavy (non-hydrogen) atoms. The normalized spacial score (nSPS) is 14.1. The number of anilines is 1. The molecular formula is C21H17BrClFN4O2. The Bertz CT molecular complexity index is 1150. The van der Waals surface area contributed by atoms with Crippen molar-refractivity contribution >= 4 is 39.1 Å². The number of para-hydroxylation sites is 1. The van der Waals surface area contributed by atoms with E-state index < -0.39 is 11.4 Å². The van der Waals surface area contributed by atoms with Gasteiger partial charge in [-0.05, 0) is 46.3 Å². The van der Waals surface area contributed by atoms with Gasteiger partial charge in [0, 0.05) is 30.7 Å². The summed E-state index contributed by atoms with van der Waals surface area (Å²) in [5, 5.41) is 4.35. The monoisotopic (exact) mass is 490 g/mol. The van der Waals surface area contributed by atoms with Crippen LogP contribution >= 0.6 is 27.5 Å². The van der Waals surface area contributed by atoms with E-state index in [9.17, 15) is 14.0 Å². The van der Waals surface area contributed by atoms with Gasteiger partial charge in [-0.1, -0.05) is 29.8 Å². The molecule has 1 aromatic heterocycles. The lowest BCUT2D eigenvalue weighted by molar-refractivity contribution is 0.0746. The molecule has 1 fully saturated rings. The van der Waals surface area contributed by atoms with Crippen molar-refractivity contribution in [2.45, 2.75) is 0 Å². The molecule has 1 aliphatic rings. The predicted octanol–water partition coefficient (Wildman–Crippen LogP) is 3.75. The summed E-state index contributed by atoms with van der Waals surface area (Å²) in [6.45, 7) is 1.89. The zero-order chi connectivity index (χ0) is 21.3. The topological polar surface area (TPSA) is 58.4 Å². The van der Waals surface area contributed by atoms with Crippen molar-refractivity contribution in [1.29, 1.82) is 0 Å². The number of hydrogen-bond acceptors (Lipinski definition) is 4. The van der Waals surface area contributed by atoms with Crippen LogP contribution in [0.25, 0.3) is 5.69 Å². The lowest BCUT2D eigenvalue weighted by Crippen LogP contribution is -2.49. The van der Waals surface area contributed by atoms with Crippen LogP contribution < -0.4 is 10.5 Å². The maximum absolute atomic E-state index is 13.3. The molecule has 0 unspecified atom stereocenters. The quantitative estimate of drug-likeness (QED) is 0.560. The second-order valence-electron chi connectivity index (χ2n) is 6.80. The van der Waals surface area contributed by atoms with Crippen molar-refractivity contribution in [2.75, 3.05) is 31.1 Å². The predicted molar refractivity (Wildman–Crippen MR) is 117 cm³/mol. The highest BCUT2D eigenvalue weighted by molar-refractivity contribution is 9.10. The molecule has 0 aliphatic carbocycles. The molecule has 0 spiro atoms. The molecule has 0 radical (unpaired) electrons. The van der Waals surface area contributed by atoms with E-state index in [4.69, 9.17) is 11.6 Å². The third kappa shape index (κ3) is 3.97. The molecule has 3 aromatic rings. The lowest BCUT2D eigenvalue weighted by Gasteiger charge is -2.36. The largest absolute Gasteiger partial charge is 0.365 e. The van der Waals surface area contributed by atoms with Crippen LogP contribution in [0.1, 0.15) is 10.4 Å². The number of carbonyl (C=O) groups is 1. The summed E-state index contributed by atoms with van der Waals surface area (Å²) in [7, 11) is 0. The number of rotatable bonds is 3. The molecule has 1 saturated heterocycles. The highest BCUT2D eigenvalue weighted by Crippen LogP contribution is 2.25. The van der Waals surface area contributed by atoms with Crippen molar-refractivity contribution < 1.29 is 9.18 Å². The lowest BCUT2D eigenvalue weighted by atomic mass is 10.1. The van der Waals surface area contributed by atoms with Crippen LogP contribution in [-0.4, -0.2) is 46.8 Å². The van der Waals surface area contributed by atoms with Crippen LogP contribution in [0.3, 0.4) is 0 Å². The minimum atomic E-state index is -0.407. The molecule has 0 saturated carbocycles. The molecule has 154 valence electrons. The Hall–Kier alpha value is -2.71. The number of halogens is 3. The van der Waals surface area contributed by atoms with Crippen LogP contribution in [0.2, 0.25) is 5.02 Å². The molecule has 6 nitrogen and oxygen atoms in total. The van der Waals surface area contributed by atoms with E-state index in [0.717, 1.165) is 0 Å². The van der Waals surface area contributed by atoms with Crippen molar-refractivity contribution in [3.63, 3.8) is 0 Å². The van der Waals surface area contributed by atoms with Crippen LogP contribution in [0.5, 0.6) is 0 Å². The van der Waals surface area contributed by atoms with Crippen molar-refractivity contribution in [2.24, 2.45) is 0 Å². The van der Waals surface area contributed by atoms with Crippen LogP contribution in [0.4, 0.5) is 10.1 Å². The number of nitrogens with zero attached hydrogens (tertiary/aromatic N) is 4. The molecule has 2 aromatic carbocycles. The Labute approximate surface area is 185 Å². The highest BCUT2D eigenvalue weighted by atomic mass is 79.9. The van der Waals surface area contributed by atoms with Gasteiger partial charge in [0.25, 0.3) is 11.5 Å². The number of amides is 1. The van der Waals surface area contributed by atoms with Crippen molar-refractivity contribution in [1.82, 2.24) is 14.7 Å². The third-order valence-corrected chi connectivity index (χ3v) is 5.98. The number of aromatic nitrogens is 2. The van der Waals surface area contributed by atoms with Gasteiger partial charge in [0.05, 0.1) is 23.1 Å². The summed E-state index contributed by atoms with van der Waals surface area (Å²) in [6.07, 6.45) is 1.57. The van der Waals surface area contributed by atoms with E-state index in [2.05, 4.69) is 21.0 Å². The van der Waals surface area contributed by atoms with Crippen LogP contribution in [-0.2, 0) is 0 Å². The second-order valence-corrected chi connectivity index (χ2v) is 8.03. The fourth-order valence-electron chi connectivity index (χ4n) is 3.38. The summed E-state index contributed by atoms with van der Waals surface area (Å²) in [5.41, 5.74) is 1.20. The van der Waals surface area contributed by atoms with Gasteiger partial charge >= 0.3 is 0 Å². The first-order chi connectivity index (χ1) is 14.5.